The van der Waals surface area contributed by atoms with Gasteiger partial charge in [-0.1, -0.05) is 0 Å². The van der Waals surface area contributed by atoms with Gasteiger partial charge in [-0.15, -0.1) is 0 Å². The van der Waals surface area contributed by atoms with Crippen LogP contribution in [0.1, 0.15) is 0 Å². The molecule has 0 rings (SSSR count). The Labute approximate surface area is 65.6 Å². The Bertz CT molecular complexity index is 7.61. The Hall–Kier alpha value is 2.02. The molecule has 0 spiro atoms. The third kappa shape index (κ3) is 23.9. The Kier molecular flexibility index (Phi) is 52.4. The quantitative estimate of drug-likeness (QED) is 0.333. The fourth-order valence-electron chi connectivity index (χ4n) is 0. The van der Waals surface area contributed by atoms with Crippen molar-refractivity contribution < 1.29 is 13.7 Å². The van der Waals surface area contributed by atoms with Crippen LogP contribution in [-0.4, -0.2) is 52.4 Å². The van der Waals surface area contributed by atoms with E-state index in [0.717, 1.165) is 0 Å². The summed E-state index contributed by atoms with van der Waals surface area (Å²) in [5.74, 6) is 0. The first-order valence-electron chi connectivity index (χ1n) is 0.603. The molecule has 0 aliphatic carbocycles. The van der Waals surface area contributed by atoms with Crippen LogP contribution in [0.4, 0.5) is 0 Å². The van der Waals surface area contributed by atoms with Gasteiger partial charge in [-0.25, -0.2) is 0 Å². The SMILES string of the molecule is [AlH3].[AlH3].[SiH3][Cu][SiH3]. The molecule has 0 heterocycles. The Morgan fingerprint density at radius 2 is 1.00 bits per heavy atom. The second-order valence-corrected chi connectivity index (χ2v) is 11.2. The van der Waals surface area contributed by atoms with Crippen molar-refractivity contribution in [3.8, 4) is 0 Å². The molecule has 0 saturated carbocycles. The molecule has 0 bridgehead atoms. The second kappa shape index (κ2) is 16.6. The predicted octanol–water partition coefficient (Wildman–Crippen LogP) is -4.74. The van der Waals surface area contributed by atoms with Crippen molar-refractivity contribution in [2.24, 2.45) is 0 Å². The Morgan fingerprint density at radius 1 is 1.00 bits per heavy atom. The molecular formula is H12Al2CuSi2. The average Bonchev–Trinajstić information content (AvgIpc) is 0.918. The molecule has 0 aromatic carbocycles. The average molecular weight is 186 g/mol. The molecule has 0 aromatic rings. The van der Waals surface area contributed by atoms with Gasteiger partial charge in [0.15, 0.2) is 34.7 Å². The molecule has 0 atom stereocenters. The van der Waals surface area contributed by atoms with Crippen molar-refractivity contribution in [1.29, 1.82) is 0 Å². The summed E-state index contributed by atoms with van der Waals surface area (Å²) in [6, 6.07) is 0. The third-order valence-electron chi connectivity index (χ3n) is 0. The summed E-state index contributed by atoms with van der Waals surface area (Å²) in [5, 5.41) is 0. The van der Waals surface area contributed by atoms with Crippen molar-refractivity contribution in [2.45, 2.75) is 0 Å². The molecule has 0 aliphatic rings. The zero-order chi connectivity index (χ0) is 2.71. The number of rotatable bonds is 0. The van der Waals surface area contributed by atoms with Crippen LogP contribution >= 0.6 is 0 Å². The molecule has 0 nitrogen and oxygen atoms in total. The molecule has 5 heavy (non-hydrogen) atoms. The van der Waals surface area contributed by atoms with E-state index in [1.54, 1.807) is 0 Å². The van der Waals surface area contributed by atoms with Crippen LogP contribution in [0, 0.1) is 0 Å². The minimum atomic E-state index is 0. The van der Waals surface area contributed by atoms with Crippen LogP contribution in [0.3, 0.4) is 0 Å². The van der Waals surface area contributed by atoms with E-state index in [4.69, 9.17) is 0 Å². The fraction of sp³-hybridized carbons (Fsp3) is 0. The van der Waals surface area contributed by atoms with Crippen LogP contribution in [0.2, 0.25) is 0 Å². The van der Waals surface area contributed by atoms with Crippen molar-refractivity contribution >= 4 is 52.4 Å². The van der Waals surface area contributed by atoms with E-state index >= 15 is 0 Å². The van der Waals surface area contributed by atoms with Crippen molar-refractivity contribution in [1.82, 2.24) is 0 Å². The molecule has 0 unspecified atom stereocenters. The summed E-state index contributed by atoms with van der Waals surface area (Å²) in [6.45, 7) is 0. The molecule has 0 amide bonds. The Morgan fingerprint density at radius 3 is 1.00 bits per heavy atom. The maximum absolute atomic E-state index is 2.09. The third-order valence-corrected chi connectivity index (χ3v) is 0. The van der Waals surface area contributed by atoms with Crippen LogP contribution < -0.4 is 0 Å². The molecule has 0 N–H and O–H groups in total. The molecule has 5 heteroatoms. The van der Waals surface area contributed by atoms with E-state index in [-0.39, 0.29) is 34.7 Å². The summed E-state index contributed by atoms with van der Waals surface area (Å²) in [4.78, 5) is 0. The van der Waals surface area contributed by atoms with Crippen molar-refractivity contribution in [3.05, 3.63) is 0 Å². The summed E-state index contributed by atoms with van der Waals surface area (Å²) >= 11 is 2.09. The first-order valence-corrected chi connectivity index (χ1v) is 7.46. The van der Waals surface area contributed by atoms with Gasteiger partial charge in [0.25, 0.3) is 0 Å². The summed E-state index contributed by atoms with van der Waals surface area (Å²) in [7, 11) is 2.67. The van der Waals surface area contributed by atoms with Crippen molar-refractivity contribution in [2.75, 3.05) is 0 Å². The molecule has 0 saturated heterocycles. The number of hydrogen-bond donors (Lipinski definition) is 0. The molecule has 37 valence electrons. The second-order valence-electron chi connectivity index (χ2n) is 0.302. The van der Waals surface area contributed by atoms with E-state index in [9.17, 15) is 0 Å². The van der Waals surface area contributed by atoms with Gasteiger partial charge in [0, 0.05) is 0 Å². The van der Waals surface area contributed by atoms with E-state index < -0.39 is 0 Å². The van der Waals surface area contributed by atoms with Gasteiger partial charge in [-0.05, 0) is 0 Å². The van der Waals surface area contributed by atoms with Crippen LogP contribution in [0.25, 0.3) is 0 Å². The van der Waals surface area contributed by atoms with Gasteiger partial charge < -0.3 is 0 Å². The van der Waals surface area contributed by atoms with Gasteiger partial charge in [0.2, 0.25) is 0 Å². The van der Waals surface area contributed by atoms with E-state index in [1.807, 2.05) is 0 Å². The monoisotopic (exact) mass is 185 g/mol. The van der Waals surface area contributed by atoms with E-state index in [2.05, 4.69) is 13.7 Å². The minimum absolute atomic E-state index is 0. The zero-order valence-electron chi connectivity index (χ0n) is 2.30. The summed E-state index contributed by atoms with van der Waals surface area (Å²) < 4.78 is 0. The fourth-order valence-corrected chi connectivity index (χ4v) is 0. The van der Waals surface area contributed by atoms with Crippen LogP contribution in [-0.2, 0) is 13.7 Å². The zero-order valence-corrected chi connectivity index (χ0v) is 7.24. The topological polar surface area (TPSA) is 0 Å². The maximum atomic E-state index is 2.09. The predicted molar refractivity (Wildman–Crippen MR) is 39.8 cm³/mol. The summed E-state index contributed by atoms with van der Waals surface area (Å²) in [6.07, 6.45) is 0. The van der Waals surface area contributed by atoms with E-state index in [1.165, 1.54) is 17.7 Å². The molecular weight excluding hydrogens is 174 g/mol. The van der Waals surface area contributed by atoms with Crippen LogP contribution in [0.5, 0.6) is 0 Å². The van der Waals surface area contributed by atoms with E-state index in [0.29, 0.717) is 0 Å². The Balaban J connectivity index is -0.0000000200. The normalized spacial score (nSPS) is 5.60. The van der Waals surface area contributed by atoms with Crippen LogP contribution in [0.15, 0.2) is 0 Å². The number of hydrogen-bond acceptors (Lipinski definition) is 0. The van der Waals surface area contributed by atoms with Crippen molar-refractivity contribution in [3.63, 3.8) is 0 Å². The molecule has 0 radical (unpaired) electrons. The van der Waals surface area contributed by atoms with Gasteiger partial charge in [0.05, 0.1) is 0 Å². The molecule has 0 aromatic heterocycles. The van der Waals surface area contributed by atoms with Gasteiger partial charge in [-0.3, -0.25) is 0 Å². The van der Waals surface area contributed by atoms with Gasteiger partial charge >= 0.3 is 31.4 Å². The first kappa shape index (κ1) is 15.7. The first-order chi connectivity index (χ1) is 1.41. The van der Waals surface area contributed by atoms with Gasteiger partial charge in [0.1, 0.15) is 0 Å². The summed E-state index contributed by atoms with van der Waals surface area (Å²) in [5.41, 5.74) is 0. The molecule has 0 aliphatic heterocycles. The standard InChI is InChI=1S/2Al.Cu.2H3Si.6H/h;;;2*1H3;;;;;;. The van der Waals surface area contributed by atoms with Gasteiger partial charge in [-0.2, -0.15) is 0 Å². The molecule has 0 fully saturated rings.